The van der Waals surface area contributed by atoms with Crippen LogP contribution in [0.4, 0.5) is 0 Å². The maximum absolute atomic E-state index is 12.5. The zero-order chi connectivity index (χ0) is 18.4. The summed E-state index contributed by atoms with van der Waals surface area (Å²) in [6.07, 6.45) is 5.48. The van der Waals surface area contributed by atoms with Crippen molar-refractivity contribution in [3.8, 4) is 5.75 Å². The number of rotatable bonds is 7. The standard InChI is InChI=1S/C18H28N2O4S/c1-14-13-17(24-3)9-10-18(14)25(22,23)19-11-12-20(15(2)21)16-7-5-4-6-8-16/h9-10,13,16,19H,4-8,11-12H2,1-3H3. The summed E-state index contributed by atoms with van der Waals surface area (Å²) in [6.45, 7) is 3.90. The summed E-state index contributed by atoms with van der Waals surface area (Å²) in [6, 6.07) is 5.10. The number of carbonyl (C=O) groups excluding carboxylic acids is 1. The van der Waals surface area contributed by atoms with Gasteiger partial charge in [0.2, 0.25) is 15.9 Å². The molecule has 0 radical (unpaired) electrons. The molecule has 1 aromatic rings. The van der Waals surface area contributed by atoms with Gasteiger partial charge in [0.05, 0.1) is 12.0 Å². The van der Waals surface area contributed by atoms with Crippen molar-refractivity contribution in [1.82, 2.24) is 9.62 Å². The van der Waals surface area contributed by atoms with Crippen LogP contribution in [0.3, 0.4) is 0 Å². The van der Waals surface area contributed by atoms with Gasteiger partial charge in [0, 0.05) is 26.1 Å². The lowest BCUT2D eigenvalue weighted by molar-refractivity contribution is -0.131. The number of nitrogens with zero attached hydrogens (tertiary/aromatic N) is 1. The van der Waals surface area contributed by atoms with E-state index in [0.29, 0.717) is 17.9 Å². The van der Waals surface area contributed by atoms with E-state index >= 15 is 0 Å². The van der Waals surface area contributed by atoms with Crippen LogP contribution < -0.4 is 9.46 Å². The van der Waals surface area contributed by atoms with E-state index < -0.39 is 10.0 Å². The lowest BCUT2D eigenvalue weighted by Crippen LogP contribution is -2.44. The number of benzene rings is 1. The third-order valence-electron chi connectivity index (χ3n) is 4.74. The topological polar surface area (TPSA) is 75.7 Å². The largest absolute Gasteiger partial charge is 0.497 e. The Labute approximate surface area is 150 Å². The maximum Gasteiger partial charge on any atom is 0.240 e. The molecule has 0 unspecified atom stereocenters. The van der Waals surface area contributed by atoms with Crippen LogP contribution in [0.15, 0.2) is 23.1 Å². The normalized spacial score (nSPS) is 15.8. The van der Waals surface area contributed by atoms with Crippen molar-refractivity contribution in [3.63, 3.8) is 0 Å². The first kappa shape index (κ1) is 19.7. The first-order valence-electron chi connectivity index (χ1n) is 8.76. The second kappa shape index (κ2) is 8.67. The summed E-state index contributed by atoms with van der Waals surface area (Å²) >= 11 is 0. The number of carbonyl (C=O) groups is 1. The molecule has 7 heteroatoms. The Bertz CT molecular complexity index is 697. The van der Waals surface area contributed by atoms with Gasteiger partial charge in [0.25, 0.3) is 0 Å². The Kier molecular flexibility index (Phi) is 6.84. The van der Waals surface area contributed by atoms with Gasteiger partial charge in [-0.2, -0.15) is 0 Å². The summed E-state index contributed by atoms with van der Waals surface area (Å²) in [7, 11) is -2.07. The maximum atomic E-state index is 12.5. The second-order valence-corrected chi connectivity index (χ2v) is 8.27. The zero-order valence-corrected chi connectivity index (χ0v) is 16.1. The minimum Gasteiger partial charge on any atom is -0.497 e. The van der Waals surface area contributed by atoms with Gasteiger partial charge in [-0.3, -0.25) is 4.79 Å². The lowest BCUT2D eigenvalue weighted by Gasteiger charge is -2.33. The molecule has 1 amide bonds. The number of nitrogens with one attached hydrogen (secondary N) is 1. The highest BCUT2D eigenvalue weighted by Crippen LogP contribution is 2.23. The van der Waals surface area contributed by atoms with Crippen LogP contribution >= 0.6 is 0 Å². The minimum atomic E-state index is -3.61. The van der Waals surface area contributed by atoms with E-state index in [1.807, 2.05) is 4.90 Å². The quantitative estimate of drug-likeness (QED) is 0.802. The van der Waals surface area contributed by atoms with Crippen LogP contribution in [-0.2, 0) is 14.8 Å². The summed E-state index contributed by atoms with van der Waals surface area (Å²) in [4.78, 5) is 14.0. The van der Waals surface area contributed by atoms with Crippen molar-refractivity contribution in [2.45, 2.75) is 56.9 Å². The summed E-state index contributed by atoms with van der Waals surface area (Å²) in [5.41, 5.74) is 0.627. The van der Waals surface area contributed by atoms with Crippen molar-refractivity contribution < 1.29 is 17.9 Å². The molecule has 0 bridgehead atoms. The van der Waals surface area contributed by atoms with E-state index in [9.17, 15) is 13.2 Å². The van der Waals surface area contributed by atoms with Crippen LogP contribution in [0.2, 0.25) is 0 Å². The van der Waals surface area contributed by atoms with Crippen LogP contribution in [0, 0.1) is 6.92 Å². The Balaban J connectivity index is 1.99. The molecule has 0 heterocycles. The fourth-order valence-corrected chi connectivity index (χ4v) is 4.66. The third kappa shape index (κ3) is 5.19. The monoisotopic (exact) mass is 368 g/mol. The molecular formula is C18H28N2O4S. The van der Waals surface area contributed by atoms with E-state index in [-0.39, 0.29) is 23.4 Å². The van der Waals surface area contributed by atoms with Crippen LogP contribution in [0.5, 0.6) is 5.75 Å². The summed E-state index contributed by atoms with van der Waals surface area (Å²) in [5.74, 6) is 0.628. The predicted octanol–water partition coefficient (Wildman–Crippen LogP) is 2.46. The van der Waals surface area contributed by atoms with E-state index in [1.165, 1.54) is 6.42 Å². The van der Waals surface area contributed by atoms with Crippen molar-refractivity contribution in [3.05, 3.63) is 23.8 Å². The SMILES string of the molecule is COc1ccc(S(=O)(=O)NCCN(C(C)=O)C2CCCCC2)c(C)c1. The van der Waals surface area contributed by atoms with Crippen molar-refractivity contribution in [2.75, 3.05) is 20.2 Å². The smallest absolute Gasteiger partial charge is 0.240 e. The number of hydrogen-bond acceptors (Lipinski definition) is 4. The molecule has 25 heavy (non-hydrogen) atoms. The van der Waals surface area contributed by atoms with Gasteiger partial charge < -0.3 is 9.64 Å². The number of ether oxygens (including phenoxy) is 1. The average Bonchev–Trinajstić information content (AvgIpc) is 2.58. The fraction of sp³-hybridized carbons (Fsp3) is 0.611. The first-order chi connectivity index (χ1) is 11.8. The van der Waals surface area contributed by atoms with Gasteiger partial charge in [-0.1, -0.05) is 19.3 Å². The van der Waals surface area contributed by atoms with Crippen LogP contribution in [-0.4, -0.2) is 45.5 Å². The average molecular weight is 368 g/mol. The molecule has 1 aromatic carbocycles. The Morgan fingerprint density at radius 1 is 1.28 bits per heavy atom. The van der Waals surface area contributed by atoms with E-state index in [2.05, 4.69) is 4.72 Å². The molecule has 0 saturated heterocycles. The molecule has 140 valence electrons. The molecule has 1 fully saturated rings. The Morgan fingerprint density at radius 3 is 2.52 bits per heavy atom. The first-order valence-corrected chi connectivity index (χ1v) is 10.2. The lowest BCUT2D eigenvalue weighted by atomic mass is 9.94. The number of aryl methyl sites for hydroxylation is 1. The third-order valence-corrected chi connectivity index (χ3v) is 6.36. The summed E-state index contributed by atoms with van der Waals surface area (Å²) < 4.78 is 32.8. The number of sulfonamides is 1. The summed E-state index contributed by atoms with van der Waals surface area (Å²) in [5, 5.41) is 0. The minimum absolute atomic E-state index is 0.00623. The molecule has 1 aliphatic rings. The molecular weight excluding hydrogens is 340 g/mol. The van der Waals surface area contributed by atoms with Crippen molar-refractivity contribution in [1.29, 1.82) is 0 Å². The van der Waals surface area contributed by atoms with E-state index in [1.54, 1.807) is 39.2 Å². The van der Waals surface area contributed by atoms with Gasteiger partial charge in [-0.15, -0.1) is 0 Å². The molecule has 2 rings (SSSR count). The van der Waals surface area contributed by atoms with Gasteiger partial charge in [-0.25, -0.2) is 13.1 Å². The highest BCUT2D eigenvalue weighted by atomic mass is 32.2. The molecule has 0 atom stereocenters. The molecule has 1 N–H and O–H groups in total. The molecule has 0 aliphatic heterocycles. The van der Waals surface area contributed by atoms with Gasteiger partial charge in [0.15, 0.2) is 0 Å². The van der Waals surface area contributed by atoms with Gasteiger partial charge >= 0.3 is 0 Å². The number of amides is 1. The van der Waals surface area contributed by atoms with Crippen LogP contribution in [0.1, 0.15) is 44.6 Å². The Morgan fingerprint density at radius 2 is 1.96 bits per heavy atom. The number of hydrogen-bond donors (Lipinski definition) is 1. The zero-order valence-electron chi connectivity index (χ0n) is 15.2. The molecule has 0 aromatic heterocycles. The second-order valence-electron chi connectivity index (χ2n) is 6.53. The molecule has 1 aliphatic carbocycles. The molecule has 6 nitrogen and oxygen atoms in total. The van der Waals surface area contributed by atoms with Crippen molar-refractivity contribution in [2.24, 2.45) is 0 Å². The highest BCUT2D eigenvalue weighted by Gasteiger charge is 2.24. The fourth-order valence-electron chi connectivity index (χ4n) is 3.42. The van der Waals surface area contributed by atoms with Gasteiger partial charge in [0.1, 0.15) is 5.75 Å². The molecule has 1 saturated carbocycles. The number of methoxy groups -OCH3 is 1. The van der Waals surface area contributed by atoms with E-state index in [0.717, 1.165) is 25.7 Å². The highest BCUT2D eigenvalue weighted by molar-refractivity contribution is 7.89. The van der Waals surface area contributed by atoms with Crippen molar-refractivity contribution >= 4 is 15.9 Å². The Hall–Kier alpha value is -1.60. The molecule has 0 spiro atoms. The van der Waals surface area contributed by atoms with Crippen LogP contribution in [0.25, 0.3) is 0 Å². The van der Waals surface area contributed by atoms with E-state index in [4.69, 9.17) is 4.74 Å². The predicted molar refractivity (Wildman–Crippen MR) is 97.2 cm³/mol. The van der Waals surface area contributed by atoms with Gasteiger partial charge in [-0.05, 0) is 43.5 Å².